The number of carbonyl (C=O) groups is 2. The van der Waals surface area contributed by atoms with E-state index in [2.05, 4.69) is 24.3 Å². The average Bonchev–Trinajstić information content (AvgIpc) is 3.05. The smallest absolute Gasteiger partial charge is 0.228 e. The van der Waals surface area contributed by atoms with Gasteiger partial charge in [0.05, 0.1) is 12.0 Å². The minimum absolute atomic E-state index is 0.108. The molecule has 4 nitrogen and oxygen atoms in total. The largest absolute Gasteiger partial charge is 0.342 e. The van der Waals surface area contributed by atoms with Gasteiger partial charge < -0.3 is 9.80 Å². The van der Waals surface area contributed by atoms with Gasteiger partial charge in [-0.15, -0.1) is 0 Å². The number of amides is 2. The number of hydrogen-bond donors (Lipinski definition) is 0. The molecule has 2 saturated heterocycles. The van der Waals surface area contributed by atoms with Crippen LogP contribution >= 0.6 is 0 Å². The third kappa shape index (κ3) is 2.74. The maximum atomic E-state index is 12.9. The molecule has 0 N–H and O–H groups in total. The summed E-state index contributed by atoms with van der Waals surface area (Å²) in [5.41, 5.74) is 2.26. The van der Waals surface area contributed by atoms with Crippen molar-refractivity contribution in [3.8, 4) is 0 Å². The van der Waals surface area contributed by atoms with E-state index in [4.69, 9.17) is 0 Å². The molecule has 3 rings (SSSR count). The number of nitrogens with zero attached hydrogens (tertiary/aromatic N) is 2. The van der Waals surface area contributed by atoms with Crippen molar-refractivity contribution in [2.75, 3.05) is 20.1 Å². The van der Waals surface area contributed by atoms with Gasteiger partial charge in [-0.05, 0) is 31.7 Å². The Bertz CT molecular complexity index is 561. The van der Waals surface area contributed by atoms with Crippen molar-refractivity contribution in [3.05, 3.63) is 35.4 Å². The highest BCUT2D eigenvalue weighted by molar-refractivity contribution is 5.85. The zero-order valence-corrected chi connectivity index (χ0v) is 13.4. The molecule has 4 heteroatoms. The maximum absolute atomic E-state index is 12.9. The van der Waals surface area contributed by atoms with Gasteiger partial charge in [0.1, 0.15) is 0 Å². The van der Waals surface area contributed by atoms with E-state index in [0.29, 0.717) is 12.8 Å². The number of rotatable bonds is 2. The van der Waals surface area contributed by atoms with Gasteiger partial charge >= 0.3 is 0 Å². The Kier molecular flexibility index (Phi) is 4.19. The molecule has 0 unspecified atom stereocenters. The highest BCUT2D eigenvalue weighted by Gasteiger charge is 2.40. The first-order chi connectivity index (χ1) is 10.6. The molecule has 2 aliphatic rings. The molecular weight excluding hydrogens is 276 g/mol. The van der Waals surface area contributed by atoms with E-state index in [1.807, 2.05) is 18.9 Å². The van der Waals surface area contributed by atoms with Crippen LogP contribution in [0.5, 0.6) is 0 Å². The number of aryl methyl sites for hydroxylation is 1. The lowest BCUT2D eigenvalue weighted by Gasteiger charge is -2.40. The predicted molar refractivity (Wildman–Crippen MR) is 85.2 cm³/mol. The third-order valence-electron chi connectivity index (χ3n) is 5.01. The fraction of sp³-hybridized carbons (Fsp3) is 0.556. The summed E-state index contributed by atoms with van der Waals surface area (Å²) in [7, 11) is 1.83. The molecule has 118 valence electrons. The Morgan fingerprint density at radius 3 is 2.41 bits per heavy atom. The normalized spacial score (nSPS) is 25.6. The number of hydrogen-bond acceptors (Lipinski definition) is 2. The Balaban J connectivity index is 1.90. The summed E-state index contributed by atoms with van der Waals surface area (Å²) in [4.78, 5) is 28.8. The Morgan fingerprint density at radius 2 is 1.77 bits per heavy atom. The second kappa shape index (κ2) is 6.11. The van der Waals surface area contributed by atoms with Crippen molar-refractivity contribution < 1.29 is 9.59 Å². The predicted octanol–water partition coefficient (Wildman–Crippen LogP) is 2.53. The van der Waals surface area contributed by atoms with Crippen molar-refractivity contribution >= 4 is 11.8 Å². The van der Waals surface area contributed by atoms with Gasteiger partial charge in [0.15, 0.2) is 0 Å². The van der Waals surface area contributed by atoms with Crippen molar-refractivity contribution in [1.82, 2.24) is 9.80 Å². The summed E-state index contributed by atoms with van der Waals surface area (Å²) >= 11 is 0. The summed E-state index contributed by atoms with van der Waals surface area (Å²) in [6.45, 7) is 3.79. The molecule has 2 amide bonds. The molecule has 1 aromatic carbocycles. The van der Waals surface area contributed by atoms with Gasteiger partial charge in [-0.2, -0.15) is 0 Å². The van der Waals surface area contributed by atoms with E-state index in [0.717, 1.165) is 31.5 Å². The summed E-state index contributed by atoms with van der Waals surface area (Å²) in [6.07, 6.45) is 3.34. The molecule has 0 bridgehead atoms. The average molecular weight is 300 g/mol. The Hall–Kier alpha value is -1.84. The van der Waals surface area contributed by atoms with Crippen molar-refractivity contribution in [3.63, 3.8) is 0 Å². The molecule has 0 aromatic heterocycles. The first-order valence-electron chi connectivity index (χ1n) is 8.19. The topological polar surface area (TPSA) is 40.6 Å². The van der Waals surface area contributed by atoms with Crippen molar-refractivity contribution in [1.29, 1.82) is 0 Å². The SMILES string of the molecule is Cc1ccc([C@H]2[C@H](C(=O)N3CCCC3)CCC(=O)N2C)cc1. The van der Waals surface area contributed by atoms with Gasteiger partial charge in [0.2, 0.25) is 11.8 Å². The highest BCUT2D eigenvalue weighted by Crippen LogP contribution is 2.37. The molecule has 2 atom stereocenters. The van der Waals surface area contributed by atoms with Crippen LogP contribution < -0.4 is 0 Å². The van der Waals surface area contributed by atoms with Crippen LogP contribution in [0.25, 0.3) is 0 Å². The molecular formula is C18H24N2O2. The van der Waals surface area contributed by atoms with E-state index < -0.39 is 0 Å². The van der Waals surface area contributed by atoms with E-state index in [9.17, 15) is 9.59 Å². The number of benzene rings is 1. The van der Waals surface area contributed by atoms with Crippen LogP contribution in [0.4, 0.5) is 0 Å². The number of likely N-dealkylation sites (tertiary alicyclic amines) is 2. The van der Waals surface area contributed by atoms with Gasteiger partial charge in [-0.3, -0.25) is 9.59 Å². The number of piperidine rings is 1. The quantitative estimate of drug-likeness (QED) is 0.842. The van der Waals surface area contributed by atoms with Gasteiger partial charge in [0.25, 0.3) is 0 Å². The van der Waals surface area contributed by atoms with E-state index in [1.54, 1.807) is 4.90 Å². The van der Waals surface area contributed by atoms with Crippen LogP contribution in [0.15, 0.2) is 24.3 Å². The van der Waals surface area contributed by atoms with Gasteiger partial charge in [-0.25, -0.2) is 0 Å². The molecule has 22 heavy (non-hydrogen) atoms. The maximum Gasteiger partial charge on any atom is 0.228 e. The summed E-state index contributed by atoms with van der Waals surface area (Å²) in [5, 5.41) is 0. The minimum atomic E-state index is -0.130. The fourth-order valence-electron chi connectivity index (χ4n) is 3.69. The van der Waals surface area contributed by atoms with E-state index >= 15 is 0 Å². The third-order valence-corrected chi connectivity index (χ3v) is 5.01. The molecule has 2 fully saturated rings. The second-order valence-electron chi connectivity index (χ2n) is 6.54. The highest BCUT2D eigenvalue weighted by atomic mass is 16.2. The standard InChI is InChI=1S/C18H24N2O2/c1-13-5-7-14(8-6-13)17-15(9-10-16(21)19(17)2)18(22)20-11-3-4-12-20/h5-8,15,17H,3-4,9-12H2,1-2H3/t15-,17+/m1/s1. The second-order valence-corrected chi connectivity index (χ2v) is 6.54. The first kappa shape index (κ1) is 15.1. The lowest BCUT2D eigenvalue weighted by Crippen LogP contribution is -2.47. The molecule has 0 spiro atoms. The molecule has 2 heterocycles. The van der Waals surface area contributed by atoms with Crippen LogP contribution in [-0.4, -0.2) is 41.8 Å². The lowest BCUT2D eigenvalue weighted by molar-refractivity contribution is -0.146. The molecule has 2 aliphatic heterocycles. The number of carbonyl (C=O) groups excluding carboxylic acids is 2. The molecule has 1 aromatic rings. The van der Waals surface area contributed by atoms with Crippen molar-refractivity contribution in [2.45, 2.75) is 38.6 Å². The van der Waals surface area contributed by atoms with E-state index in [1.165, 1.54) is 5.56 Å². The molecule has 0 saturated carbocycles. The molecule has 0 radical (unpaired) electrons. The first-order valence-corrected chi connectivity index (χ1v) is 8.19. The Labute approximate surface area is 132 Å². The lowest BCUT2D eigenvalue weighted by atomic mass is 9.83. The minimum Gasteiger partial charge on any atom is -0.342 e. The van der Waals surface area contributed by atoms with Crippen LogP contribution in [0, 0.1) is 12.8 Å². The van der Waals surface area contributed by atoms with Gasteiger partial charge in [-0.1, -0.05) is 29.8 Å². The monoisotopic (exact) mass is 300 g/mol. The summed E-state index contributed by atoms with van der Waals surface area (Å²) in [6, 6.07) is 8.09. The van der Waals surface area contributed by atoms with Crippen LogP contribution in [-0.2, 0) is 9.59 Å². The van der Waals surface area contributed by atoms with Crippen molar-refractivity contribution in [2.24, 2.45) is 5.92 Å². The summed E-state index contributed by atoms with van der Waals surface area (Å²) < 4.78 is 0. The van der Waals surface area contributed by atoms with E-state index in [-0.39, 0.29) is 23.8 Å². The molecule has 0 aliphatic carbocycles. The van der Waals surface area contributed by atoms with Crippen LogP contribution in [0.2, 0.25) is 0 Å². The van der Waals surface area contributed by atoms with Gasteiger partial charge in [0, 0.05) is 26.6 Å². The summed E-state index contributed by atoms with van der Waals surface area (Å²) in [5.74, 6) is 0.252. The Morgan fingerprint density at radius 1 is 1.14 bits per heavy atom. The zero-order chi connectivity index (χ0) is 15.7. The zero-order valence-electron chi connectivity index (χ0n) is 13.4. The van der Waals surface area contributed by atoms with Crippen LogP contribution in [0.1, 0.15) is 42.9 Å². The van der Waals surface area contributed by atoms with Crippen LogP contribution in [0.3, 0.4) is 0 Å². The fourth-order valence-corrected chi connectivity index (χ4v) is 3.69.